The van der Waals surface area contributed by atoms with Crippen molar-refractivity contribution in [3.63, 3.8) is 0 Å². The molecule has 1 aromatic carbocycles. The molecule has 0 N–H and O–H groups in total. The number of allylic oxidation sites excluding steroid dienone is 1. The Kier molecular flexibility index (Phi) is 4.67. The van der Waals surface area contributed by atoms with Gasteiger partial charge in [0.15, 0.2) is 0 Å². The minimum absolute atomic E-state index is 0.314. The molecule has 0 spiro atoms. The summed E-state index contributed by atoms with van der Waals surface area (Å²) in [5.41, 5.74) is 1.22. The fraction of sp³-hybridized carbons (Fsp3) is 0.385. The molecule has 0 bridgehead atoms. The summed E-state index contributed by atoms with van der Waals surface area (Å²) in [6.45, 7) is 0. The standard InChI is InChI=1S/C13H16OS2/c14-16-11-5-10-15-13(16)9-4-8-12-6-2-1-3-7-12/h1-4,6-8,13H,5,9-11H2. The Morgan fingerprint density at radius 2 is 2.19 bits per heavy atom. The smallest absolute Gasteiger partial charge is 0.0835 e. The van der Waals surface area contributed by atoms with Crippen LogP contribution in [0.25, 0.3) is 6.08 Å². The Balaban J connectivity index is 1.87. The fourth-order valence-electron chi connectivity index (χ4n) is 1.68. The average Bonchev–Trinajstić information content (AvgIpc) is 2.33. The van der Waals surface area contributed by atoms with Crippen molar-refractivity contribution in [2.45, 2.75) is 17.4 Å². The lowest BCUT2D eigenvalue weighted by Crippen LogP contribution is -2.19. The van der Waals surface area contributed by atoms with E-state index in [0.717, 1.165) is 24.3 Å². The topological polar surface area (TPSA) is 17.1 Å². The molecular weight excluding hydrogens is 236 g/mol. The summed E-state index contributed by atoms with van der Waals surface area (Å²) >= 11 is 1.86. The molecule has 16 heavy (non-hydrogen) atoms. The van der Waals surface area contributed by atoms with Gasteiger partial charge in [0.2, 0.25) is 0 Å². The van der Waals surface area contributed by atoms with Gasteiger partial charge in [0.05, 0.1) is 4.58 Å². The molecule has 2 rings (SSSR count). The van der Waals surface area contributed by atoms with E-state index in [1.165, 1.54) is 5.56 Å². The zero-order chi connectivity index (χ0) is 11.2. The first-order valence-corrected chi connectivity index (χ1v) is 8.00. The van der Waals surface area contributed by atoms with Gasteiger partial charge in [-0.3, -0.25) is 4.21 Å². The van der Waals surface area contributed by atoms with E-state index >= 15 is 0 Å². The first-order valence-electron chi connectivity index (χ1n) is 5.56. The van der Waals surface area contributed by atoms with Crippen LogP contribution in [0.1, 0.15) is 18.4 Å². The molecule has 0 aromatic heterocycles. The monoisotopic (exact) mass is 252 g/mol. The number of benzene rings is 1. The van der Waals surface area contributed by atoms with Crippen LogP contribution < -0.4 is 0 Å². The van der Waals surface area contributed by atoms with Crippen molar-refractivity contribution in [3.8, 4) is 0 Å². The van der Waals surface area contributed by atoms with Crippen LogP contribution in [0.4, 0.5) is 0 Å². The van der Waals surface area contributed by atoms with Gasteiger partial charge >= 0.3 is 0 Å². The molecular formula is C13H16OS2. The Labute approximate surface area is 104 Å². The largest absolute Gasteiger partial charge is 0.258 e. The van der Waals surface area contributed by atoms with E-state index in [1.807, 2.05) is 30.0 Å². The Morgan fingerprint density at radius 1 is 1.38 bits per heavy atom. The molecule has 0 radical (unpaired) electrons. The molecule has 1 aromatic rings. The SMILES string of the molecule is O=S1CCCSC1CC=Cc1ccccc1. The van der Waals surface area contributed by atoms with Crippen LogP contribution in [0.2, 0.25) is 0 Å². The molecule has 0 aliphatic carbocycles. The highest BCUT2D eigenvalue weighted by Gasteiger charge is 2.19. The van der Waals surface area contributed by atoms with E-state index in [-0.39, 0.29) is 0 Å². The number of hydrogen-bond donors (Lipinski definition) is 0. The Bertz CT molecular complexity index is 373. The second kappa shape index (κ2) is 6.26. The number of rotatable bonds is 3. The first kappa shape index (κ1) is 11.9. The van der Waals surface area contributed by atoms with Gasteiger partial charge in [-0.1, -0.05) is 42.5 Å². The minimum atomic E-state index is -0.624. The van der Waals surface area contributed by atoms with Crippen molar-refractivity contribution in [1.82, 2.24) is 0 Å². The normalized spacial score (nSPS) is 26.0. The maximum absolute atomic E-state index is 11.7. The van der Waals surface area contributed by atoms with Gasteiger partial charge in [0.1, 0.15) is 0 Å². The number of hydrogen-bond acceptors (Lipinski definition) is 2. The van der Waals surface area contributed by atoms with E-state index in [4.69, 9.17) is 0 Å². The van der Waals surface area contributed by atoms with Crippen molar-refractivity contribution in [3.05, 3.63) is 42.0 Å². The highest BCUT2D eigenvalue weighted by molar-refractivity contribution is 8.11. The first-order chi connectivity index (χ1) is 7.86. The molecule has 1 aliphatic heterocycles. The van der Waals surface area contributed by atoms with Crippen molar-refractivity contribution in [2.24, 2.45) is 0 Å². The number of thioether (sulfide) groups is 1. The summed E-state index contributed by atoms with van der Waals surface area (Å²) in [4.78, 5) is 0. The molecule has 0 amide bonds. The van der Waals surface area contributed by atoms with Gasteiger partial charge in [0.25, 0.3) is 0 Å². The predicted octanol–water partition coefficient (Wildman–Crippen LogP) is 3.30. The van der Waals surface area contributed by atoms with Crippen LogP contribution in [0, 0.1) is 0 Å². The van der Waals surface area contributed by atoms with Crippen LogP contribution in [0.5, 0.6) is 0 Å². The molecule has 1 fully saturated rings. The lowest BCUT2D eigenvalue weighted by Gasteiger charge is -2.19. The van der Waals surface area contributed by atoms with Crippen LogP contribution in [-0.2, 0) is 10.8 Å². The zero-order valence-electron chi connectivity index (χ0n) is 9.17. The summed E-state index contributed by atoms with van der Waals surface area (Å²) < 4.78 is 12.0. The predicted molar refractivity (Wildman–Crippen MR) is 74.0 cm³/mol. The Morgan fingerprint density at radius 3 is 2.94 bits per heavy atom. The fourth-order valence-corrected chi connectivity index (χ4v) is 4.88. The third kappa shape index (κ3) is 3.49. The molecule has 1 aliphatic rings. The van der Waals surface area contributed by atoms with Crippen molar-refractivity contribution in [1.29, 1.82) is 0 Å². The molecule has 86 valence electrons. The molecule has 2 unspecified atom stereocenters. The van der Waals surface area contributed by atoms with Gasteiger partial charge in [-0.15, -0.1) is 11.8 Å². The lowest BCUT2D eigenvalue weighted by atomic mass is 10.2. The molecule has 1 heterocycles. The molecule has 1 saturated heterocycles. The van der Waals surface area contributed by atoms with E-state index in [1.54, 1.807) is 0 Å². The summed E-state index contributed by atoms with van der Waals surface area (Å²) in [6, 6.07) is 10.3. The highest BCUT2D eigenvalue weighted by atomic mass is 32.2. The van der Waals surface area contributed by atoms with Crippen LogP contribution in [-0.4, -0.2) is 20.3 Å². The van der Waals surface area contributed by atoms with Gasteiger partial charge < -0.3 is 0 Å². The molecule has 1 nitrogen and oxygen atoms in total. The molecule has 3 heteroatoms. The van der Waals surface area contributed by atoms with Gasteiger partial charge in [-0.25, -0.2) is 0 Å². The van der Waals surface area contributed by atoms with Crippen LogP contribution in [0.15, 0.2) is 36.4 Å². The zero-order valence-corrected chi connectivity index (χ0v) is 10.8. The van der Waals surface area contributed by atoms with Crippen LogP contribution in [0.3, 0.4) is 0 Å². The lowest BCUT2D eigenvalue weighted by molar-refractivity contribution is 0.678. The van der Waals surface area contributed by atoms with Crippen molar-refractivity contribution >= 4 is 28.6 Å². The summed E-state index contributed by atoms with van der Waals surface area (Å²) in [6.07, 6.45) is 6.30. The summed E-state index contributed by atoms with van der Waals surface area (Å²) in [7, 11) is -0.624. The van der Waals surface area contributed by atoms with Crippen LogP contribution >= 0.6 is 11.8 Å². The quantitative estimate of drug-likeness (QED) is 0.821. The second-order valence-electron chi connectivity index (χ2n) is 3.79. The van der Waals surface area contributed by atoms with Gasteiger partial charge in [-0.05, 0) is 24.2 Å². The van der Waals surface area contributed by atoms with Crippen molar-refractivity contribution < 1.29 is 4.21 Å². The Hall–Kier alpha value is -0.540. The maximum atomic E-state index is 11.7. The highest BCUT2D eigenvalue weighted by Crippen LogP contribution is 2.25. The third-order valence-electron chi connectivity index (χ3n) is 2.53. The average molecular weight is 252 g/mol. The van der Waals surface area contributed by atoms with E-state index < -0.39 is 10.8 Å². The van der Waals surface area contributed by atoms with Gasteiger partial charge in [-0.2, -0.15) is 0 Å². The third-order valence-corrected chi connectivity index (χ3v) is 6.14. The second-order valence-corrected chi connectivity index (χ2v) is 7.14. The minimum Gasteiger partial charge on any atom is -0.258 e. The molecule has 2 atom stereocenters. The molecule has 0 saturated carbocycles. The summed E-state index contributed by atoms with van der Waals surface area (Å²) in [5, 5.41) is 0. The maximum Gasteiger partial charge on any atom is 0.0835 e. The van der Waals surface area contributed by atoms with E-state index in [9.17, 15) is 4.21 Å². The van der Waals surface area contributed by atoms with Gasteiger partial charge in [0, 0.05) is 16.6 Å². The van der Waals surface area contributed by atoms with E-state index in [0.29, 0.717) is 4.58 Å². The van der Waals surface area contributed by atoms with E-state index in [2.05, 4.69) is 24.3 Å². The summed E-state index contributed by atoms with van der Waals surface area (Å²) in [5.74, 6) is 2.05. The van der Waals surface area contributed by atoms with Crippen molar-refractivity contribution in [2.75, 3.05) is 11.5 Å².